The predicted molar refractivity (Wildman–Crippen MR) is 106 cm³/mol. The molecule has 0 saturated carbocycles. The number of H-pyrrole nitrogens is 1. The number of thioether (sulfide) groups is 1. The second-order valence-electron chi connectivity index (χ2n) is 5.75. The number of aromatic amines is 1. The van der Waals surface area contributed by atoms with E-state index >= 15 is 0 Å². The average Bonchev–Trinajstić information content (AvgIpc) is 2.95. The van der Waals surface area contributed by atoms with Crippen LogP contribution in [-0.2, 0) is 4.79 Å². The van der Waals surface area contributed by atoms with Crippen LogP contribution in [0.5, 0.6) is 0 Å². The number of fused-ring (bicyclic) bond motifs is 1. The lowest BCUT2D eigenvalue weighted by atomic mass is 10.2. The molecule has 8 heteroatoms. The number of nitrogens with one attached hydrogen (secondary N) is 2. The molecule has 0 aliphatic carbocycles. The van der Waals surface area contributed by atoms with Gasteiger partial charge in [-0.2, -0.15) is 0 Å². The molecule has 0 fully saturated rings. The van der Waals surface area contributed by atoms with Crippen molar-refractivity contribution in [2.75, 3.05) is 30.1 Å². The number of benzene rings is 1. The minimum absolute atomic E-state index is 0.0756. The highest BCUT2D eigenvalue weighted by atomic mass is 79.9. The molecule has 1 aromatic carbocycles. The van der Waals surface area contributed by atoms with Crippen molar-refractivity contribution >= 4 is 56.1 Å². The molecule has 0 unspecified atom stereocenters. The summed E-state index contributed by atoms with van der Waals surface area (Å²) in [5, 5.41) is 3.57. The van der Waals surface area contributed by atoms with E-state index in [1.54, 1.807) is 0 Å². The maximum atomic E-state index is 12.1. The van der Waals surface area contributed by atoms with Crippen molar-refractivity contribution in [1.82, 2.24) is 15.0 Å². The lowest BCUT2D eigenvalue weighted by Crippen LogP contribution is -2.14. The largest absolute Gasteiger partial charge is 0.378 e. The van der Waals surface area contributed by atoms with Gasteiger partial charge in [0.15, 0.2) is 10.8 Å². The van der Waals surface area contributed by atoms with Gasteiger partial charge < -0.3 is 15.2 Å². The van der Waals surface area contributed by atoms with E-state index in [4.69, 9.17) is 0 Å². The monoisotopic (exact) mass is 419 g/mol. The first-order chi connectivity index (χ1) is 11.9. The Bertz CT molecular complexity index is 868. The molecule has 3 rings (SSSR count). The summed E-state index contributed by atoms with van der Waals surface area (Å²) >= 11 is 4.81. The van der Waals surface area contributed by atoms with E-state index in [9.17, 15) is 4.79 Å². The standard InChI is InChI=1S/C17H18BrN5OS/c1-10-13(18)8-14-16(19-10)22-17(21-14)25-9-15(24)20-11-4-6-12(7-5-11)23(2)3/h4-8H,9H2,1-3H3,(H,20,24)(H,19,21,22). The van der Waals surface area contributed by atoms with Crippen molar-refractivity contribution < 1.29 is 4.79 Å². The smallest absolute Gasteiger partial charge is 0.234 e. The Morgan fingerprint density at radius 2 is 2.00 bits per heavy atom. The molecule has 0 bridgehead atoms. The zero-order chi connectivity index (χ0) is 18.0. The quantitative estimate of drug-likeness (QED) is 0.614. The van der Waals surface area contributed by atoms with E-state index in [2.05, 4.69) is 36.2 Å². The van der Waals surface area contributed by atoms with Gasteiger partial charge >= 0.3 is 0 Å². The normalized spacial score (nSPS) is 10.9. The highest BCUT2D eigenvalue weighted by Crippen LogP contribution is 2.23. The summed E-state index contributed by atoms with van der Waals surface area (Å²) in [7, 11) is 3.96. The van der Waals surface area contributed by atoms with Gasteiger partial charge in [0.05, 0.1) is 17.0 Å². The van der Waals surface area contributed by atoms with Gasteiger partial charge in [-0.15, -0.1) is 0 Å². The fraction of sp³-hybridized carbons (Fsp3) is 0.235. The number of halogens is 1. The number of nitrogens with zero attached hydrogens (tertiary/aromatic N) is 3. The van der Waals surface area contributed by atoms with Crippen LogP contribution in [-0.4, -0.2) is 40.7 Å². The third-order valence-corrected chi connectivity index (χ3v) is 5.26. The van der Waals surface area contributed by atoms with Gasteiger partial charge in [-0.3, -0.25) is 4.79 Å². The van der Waals surface area contributed by atoms with Crippen LogP contribution in [0.4, 0.5) is 11.4 Å². The van der Waals surface area contributed by atoms with E-state index < -0.39 is 0 Å². The molecular formula is C17H18BrN5OS. The van der Waals surface area contributed by atoms with Crippen LogP contribution >= 0.6 is 27.7 Å². The maximum Gasteiger partial charge on any atom is 0.234 e. The summed E-state index contributed by atoms with van der Waals surface area (Å²) in [6.07, 6.45) is 0. The van der Waals surface area contributed by atoms with Crippen molar-refractivity contribution in [3.05, 3.63) is 40.5 Å². The summed E-state index contributed by atoms with van der Waals surface area (Å²) in [5.74, 6) is 0.198. The number of rotatable bonds is 5. The first-order valence-corrected chi connectivity index (χ1v) is 9.43. The van der Waals surface area contributed by atoms with Crippen molar-refractivity contribution in [3.8, 4) is 0 Å². The zero-order valence-electron chi connectivity index (χ0n) is 14.1. The number of pyridine rings is 1. The Labute approximate surface area is 158 Å². The molecule has 130 valence electrons. The molecule has 0 atom stereocenters. The first kappa shape index (κ1) is 17.8. The van der Waals surface area contributed by atoms with Gasteiger partial charge in [-0.05, 0) is 53.2 Å². The SMILES string of the molecule is Cc1nc2nc(SCC(=O)Nc3ccc(N(C)C)cc3)[nH]c2cc1Br. The maximum absolute atomic E-state index is 12.1. The second-order valence-corrected chi connectivity index (χ2v) is 7.57. The van der Waals surface area contributed by atoms with E-state index in [0.29, 0.717) is 10.8 Å². The molecule has 0 spiro atoms. The minimum atomic E-state index is -0.0756. The van der Waals surface area contributed by atoms with Gasteiger partial charge in [-0.1, -0.05) is 11.8 Å². The first-order valence-electron chi connectivity index (χ1n) is 7.65. The fourth-order valence-corrected chi connectivity index (χ4v) is 3.22. The Kier molecular flexibility index (Phi) is 5.29. The number of hydrogen-bond acceptors (Lipinski definition) is 5. The third-order valence-electron chi connectivity index (χ3n) is 3.59. The molecule has 25 heavy (non-hydrogen) atoms. The minimum Gasteiger partial charge on any atom is -0.378 e. The van der Waals surface area contributed by atoms with E-state index in [0.717, 1.165) is 27.1 Å². The average molecular weight is 420 g/mol. The number of aryl methyl sites for hydroxylation is 1. The van der Waals surface area contributed by atoms with Crippen LogP contribution in [0.1, 0.15) is 5.69 Å². The van der Waals surface area contributed by atoms with Gasteiger partial charge in [0, 0.05) is 29.9 Å². The summed E-state index contributed by atoms with van der Waals surface area (Å²) in [4.78, 5) is 26.1. The van der Waals surface area contributed by atoms with Crippen molar-refractivity contribution in [2.45, 2.75) is 12.1 Å². The number of amides is 1. The Hall–Kier alpha value is -2.06. The molecule has 0 aliphatic rings. The Morgan fingerprint density at radius 1 is 1.28 bits per heavy atom. The van der Waals surface area contributed by atoms with Crippen LogP contribution in [0.3, 0.4) is 0 Å². The Balaban J connectivity index is 1.60. The summed E-state index contributed by atoms with van der Waals surface area (Å²) in [6.45, 7) is 1.92. The molecule has 3 aromatic rings. The van der Waals surface area contributed by atoms with E-state index in [1.807, 2.05) is 56.3 Å². The molecule has 0 saturated heterocycles. The number of anilines is 2. The van der Waals surface area contributed by atoms with Crippen LogP contribution < -0.4 is 10.2 Å². The predicted octanol–water partition coefficient (Wildman–Crippen LogP) is 3.83. The highest BCUT2D eigenvalue weighted by molar-refractivity contribution is 9.10. The lowest BCUT2D eigenvalue weighted by Gasteiger charge is -2.12. The van der Waals surface area contributed by atoms with Gasteiger partial charge in [0.25, 0.3) is 0 Å². The topological polar surface area (TPSA) is 73.9 Å². The zero-order valence-corrected chi connectivity index (χ0v) is 16.5. The molecule has 0 aliphatic heterocycles. The van der Waals surface area contributed by atoms with E-state index in [-0.39, 0.29) is 11.7 Å². The van der Waals surface area contributed by atoms with Crippen LogP contribution in [0.2, 0.25) is 0 Å². The fourth-order valence-electron chi connectivity index (χ4n) is 2.23. The van der Waals surface area contributed by atoms with Crippen molar-refractivity contribution in [3.63, 3.8) is 0 Å². The molecular weight excluding hydrogens is 402 g/mol. The summed E-state index contributed by atoms with van der Waals surface area (Å²) in [6, 6.07) is 9.66. The summed E-state index contributed by atoms with van der Waals surface area (Å²) in [5.41, 5.74) is 4.25. The molecule has 2 N–H and O–H groups in total. The van der Waals surface area contributed by atoms with Crippen molar-refractivity contribution in [1.29, 1.82) is 0 Å². The van der Waals surface area contributed by atoms with Crippen LogP contribution in [0.15, 0.2) is 40.0 Å². The highest BCUT2D eigenvalue weighted by Gasteiger charge is 2.10. The van der Waals surface area contributed by atoms with Crippen LogP contribution in [0, 0.1) is 6.92 Å². The molecule has 1 amide bonds. The number of carbonyl (C=O) groups is 1. The molecule has 6 nitrogen and oxygen atoms in total. The second kappa shape index (κ2) is 7.45. The van der Waals surface area contributed by atoms with Gasteiger partial charge in [0.1, 0.15) is 0 Å². The van der Waals surface area contributed by atoms with Crippen LogP contribution in [0.25, 0.3) is 11.2 Å². The molecule has 2 aromatic heterocycles. The molecule has 0 radical (unpaired) electrons. The molecule has 2 heterocycles. The van der Waals surface area contributed by atoms with Gasteiger partial charge in [-0.25, -0.2) is 9.97 Å². The number of imidazole rings is 1. The summed E-state index contributed by atoms with van der Waals surface area (Å²) < 4.78 is 0.930. The Morgan fingerprint density at radius 3 is 2.68 bits per heavy atom. The van der Waals surface area contributed by atoms with Gasteiger partial charge in [0.2, 0.25) is 5.91 Å². The number of aromatic nitrogens is 3. The number of carbonyl (C=O) groups excluding carboxylic acids is 1. The third kappa shape index (κ3) is 4.32. The lowest BCUT2D eigenvalue weighted by molar-refractivity contribution is -0.113. The van der Waals surface area contributed by atoms with Crippen molar-refractivity contribution in [2.24, 2.45) is 0 Å². The van der Waals surface area contributed by atoms with E-state index in [1.165, 1.54) is 11.8 Å². The number of hydrogen-bond donors (Lipinski definition) is 2.